The van der Waals surface area contributed by atoms with Crippen LogP contribution in [-0.4, -0.2) is 43.5 Å². The summed E-state index contributed by atoms with van der Waals surface area (Å²) in [5, 5.41) is 6.36. The van der Waals surface area contributed by atoms with Gasteiger partial charge in [0, 0.05) is 18.3 Å². The number of carbonyl (C=O) groups is 1. The van der Waals surface area contributed by atoms with Gasteiger partial charge in [0.1, 0.15) is 0 Å². The van der Waals surface area contributed by atoms with Crippen LogP contribution in [-0.2, 0) is 17.6 Å². The van der Waals surface area contributed by atoms with Crippen LogP contribution >= 0.6 is 0 Å². The molecule has 1 aromatic rings. The first-order valence-corrected chi connectivity index (χ1v) is 8.06. The minimum atomic E-state index is 0.102. The highest BCUT2D eigenvalue weighted by Crippen LogP contribution is 2.24. The molecule has 1 amide bonds. The SMILES string of the molecule is CNC1CCCN(CC(=O)Nc2ccc3c(c2)CCC3)C1. The second-order valence-corrected chi connectivity index (χ2v) is 6.25. The van der Waals surface area contributed by atoms with Gasteiger partial charge in [-0.3, -0.25) is 9.69 Å². The minimum Gasteiger partial charge on any atom is -0.325 e. The number of benzene rings is 1. The Morgan fingerprint density at radius 1 is 1.29 bits per heavy atom. The first kappa shape index (κ1) is 14.5. The number of likely N-dealkylation sites (N-methyl/N-ethyl adjacent to an activating group) is 1. The zero-order valence-electron chi connectivity index (χ0n) is 12.8. The number of hydrogen-bond acceptors (Lipinski definition) is 3. The third kappa shape index (κ3) is 3.63. The molecular weight excluding hydrogens is 262 g/mol. The summed E-state index contributed by atoms with van der Waals surface area (Å²) in [6, 6.07) is 6.86. The Kier molecular flexibility index (Phi) is 4.56. The standard InChI is InChI=1S/C17H25N3O/c1-18-16-6-3-9-20(11-16)12-17(21)19-15-8-7-13-4-2-5-14(13)10-15/h7-8,10,16,18H,2-6,9,11-12H2,1H3,(H,19,21). The second kappa shape index (κ2) is 6.58. The molecule has 3 rings (SSSR count). The molecule has 0 bridgehead atoms. The lowest BCUT2D eigenvalue weighted by atomic mass is 10.1. The van der Waals surface area contributed by atoms with E-state index < -0.39 is 0 Å². The number of aryl methyl sites for hydroxylation is 2. The van der Waals surface area contributed by atoms with Gasteiger partial charge in [-0.05, 0) is 69.0 Å². The molecule has 21 heavy (non-hydrogen) atoms. The molecule has 1 heterocycles. The molecule has 1 aliphatic carbocycles. The number of nitrogens with one attached hydrogen (secondary N) is 2. The van der Waals surface area contributed by atoms with Gasteiger partial charge in [-0.1, -0.05) is 6.07 Å². The number of nitrogens with zero attached hydrogens (tertiary/aromatic N) is 1. The Labute approximate surface area is 126 Å². The van der Waals surface area contributed by atoms with Crippen molar-refractivity contribution in [2.45, 2.75) is 38.1 Å². The van der Waals surface area contributed by atoms with Crippen LogP contribution < -0.4 is 10.6 Å². The van der Waals surface area contributed by atoms with Crippen LogP contribution in [0, 0.1) is 0 Å². The molecule has 4 heteroatoms. The number of likely N-dealkylation sites (tertiary alicyclic amines) is 1. The number of piperidine rings is 1. The molecule has 0 radical (unpaired) electrons. The van der Waals surface area contributed by atoms with Crippen molar-refractivity contribution in [2.75, 3.05) is 32.0 Å². The third-order valence-corrected chi connectivity index (χ3v) is 4.66. The van der Waals surface area contributed by atoms with E-state index in [1.165, 1.54) is 30.4 Å². The van der Waals surface area contributed by atoms with E-state index in [4.69, 9.17) is 0 Å². The van der Waals surface area contributed by atoms with Gasteiger partial charge < -0.3 is 10.6 Å². The summed E-state index contributed by atoms with van der Waals surface area (Å²) in [6.07, 6.45) is 5.95. The number of anilines is 1. The van der Waals surface area contributed by atoms with E-state index in [1.54, 1.807) is 0 Å². The fraction of sp³-hybridized carbons (Fsp3) is 0.588. The fourth-order valence-corrected chi connectivity index (χ4v) is 3.49. The van der Waals surface area contributed by atoms with E-state index in [2.05, 4.69) is 27.7 Å². The lowest BCUT2D eigenvalue weighted by Crippen LogP contribution is -2.46. The average Bonchev–Trinajstić information content (AvgIpc) is 2.95. The van der Waals surface area contributed by atoms with Crippen LogP contribution in [0.3, 0.4) is 0 Å². The maximum absolute atomic E-state index is 12.2. The van der Waals surface area contributed by atoms with Gasteiger partial charge in [-0.2, -0.15) is 0 Å². The number of rotatable bonds is 4. The first-order chi connectivity index (χ1) is 10.2. The highest BCUT2D eigenvalue weighted by atomic mass is 16.2. The van der Waals surface area contributed by atoms with Crippen LogP contribution in [0.4, 0.5) is 5.69 Å². The number of amides is 1. The summed E-state index contributed by atoms with van der Waals surface area (Å²) >= 11 is 0. The first-order valence-electron chi connectivity index (χ1n) is 8.06. The zero-order chi connectivity index (χ0) is 14.7. The highest BCUT2D eigenvalue weighted by Gasteiger charge is 2.20. The monoisotopic (exact) mass is 287 g/mol. The number of hydrogen-bond donors (Lipinski definition) is 2. The molecule has 2 N–H and O–H groups in total. The lowest BCUT2D eigenvalue weighted by molar-refractivity contribution is -0.117. The summed E-state index contributed by atoms with van der Waals surface area (Å²) in [5.74, 6) is 0.102. The van der Waals surface area contributed by atoms with Gasteiger partial charge in [-0.25, -0.2) is 0 Å². The number of fused-ring (bicyclic) bond motifs is 1. The molecule has 0 aromatic heterocycles. The largest absolute Gasteiger partial charge is 0.325 e. The third-order valence-electron chi connectivity index (χ3n) is 4.66. The van der Waals surface area contributed by atoms with Gasteiger partial charge >= 0.3 is 0 Å². The topological polar surface area (TPSA) is 44.4 Å². The van der Waals surface area contributed by atoms with Gasteiger partial charge in [0.15, 0.2) is 0 Å². The van der Waals surface area contributed by atoms with Crippen molar-refractivity contribution in [1.29, 1.82) is 0 Å². The van der Waals surface area contributed by atoms with E-state index in [9.17, 15) is 4.79 Å². The average molecular weight is 287 g/mol. The Bertz CT molecular complexity index is 515. The molecule has 1 fully saturated rings. The summed E-state index contributed by atoms with van der Waals surface area (Å²) in [6.45, 7) is 2.49. The van der Waals surface area contributed by atoms with Crippen molar-refractivity contribution < 1.29 is 4.79 Å². The summed E-state index contributed by atoms with van der Waals surface area (Å²) in [7, 11) is 2.00. The second-order valence-electron chi connectivity index (χ2n) is 6.25. The maximum Gasteiger partial charge on any atom is 0.238 e. The molecule has 1 aromatic carbocycles. The Balaban J connectivity index is 1.54. The molecule has 1 unspecified atom stereocenters. The molecule has 0 spiro atoms. The van der Waals surface area contributed by atoms with Gasteiger partial charge in [-0.15, -0.1) is 0 Å². The normalized spacial score (nSPS) is 22.0. The van der Waals surface area contributed by atoms with Crippen LogP contribution in [0.5, 0.6) is 0 Å². The van der Waals surface area contributed by atoms with Crippen LogP contribution in [0.1, 0.15) is 30.4 Å². The van der Waals surface area contributed by atoms with E-state index in [0.29, 0.717) is 12.6 Å². The molecule has 4 nitrogen and oxygen atoms in total. The molecule has 1 atom stereocenters. The molecule has 114 valence electrons. The van der Waals surface area contributed by atoms with Crippen molar-refractivity contribution in [3.8, 4) is 0 Å². The van der Waals surface area contributed by atoms with Crippen molar-refractivity contribution in [3.05, 3.63) is 29.3 Å². The van der Waals surface area contributed by atoms with E-state index in [0.717, 1.165) is 31.6 Å². The molecule has 0 saturated carbocycles. The Morgan fingerprint density at radius 3 is 3.00 bits per heavy atom. The quantitative estimate of drug-likeness (QED) is 0.887. The predicted octanol–water partition coefficient (Wildman–Crippen LogP) is 1.80. The van der Waals surface area contributed by atoms with Gasteiger partial charge in [0.25, 0.3) is 0 Å². The number of carbonyl (C=O) groups excluding carboxylic acids is 1. The maximum atomic E-state index is 12.2. The fourth-order valence-electron chi connectivity index (χ4n) is 3.49. The van der Waals surface area contributed by atoms with Crippen LogP contribution in [0.25, 0.3) is 0 Å². The van der Waals surface area contributed by atoms with Crippen molar-refractivity contribution in [1.82, 2.24) is 10.2 Å². The molecule has 2 aliphatic rings. The van der Waals surface area contributed by atoms with Crippen molar-refractivity contribution in [3.63, 3.8) is 0 Å². The van der Waals surface area contributed by atoms with Gasteiger partial charge in [0.05, 0.1) is 6.54 Å². The van der Waals surface area contributed by atoms with Crippen LogP contribution in [0.2, 0.25) is 0 Å². The minimum absolute atomic E-state index is 0.102. The summed E-state index contributed by atoms with van der Waals surface area (Å²) < 4.78 is 0. The van der Waals surface area contributed by atoms with E-state index in [1.807, 2.05) is 13.1 Å². The molecule has 1 aliphatic heterocycles. The smallest absolute Gasteiger partial charge is 0.238 e. The van der Waals surface area contributed by atoms with E-state index in [-0.39, 0.29) is 5.91 Å². The summed E-state index contributed by atoms with van der Waals surface area (Å²) in [4.78, 5) is 14.4. The lowest BCUT2D eigenvalue weighted by Gasteiger charge is -2.31. The molecular formula is C17H25N3O. The highest BCUT2D eigenvalue weighted by molar-refractivity contribution is 5.92. The summed E-state index contributed by atoms with van der Waals surface area (Å²) in [5.41, 5.74) is 3.80. The van der Waals surface area contributed by atoms with Gasteiger partial charge in [0.2, 0.25) is 5.91 Å². The predicted molar refractivity (Wildman–Crippen MR) is 85.6 cm³/mol. The Morgan fingerprint density at radius 2 is 2.14 bits per heavy atom. The molecule has 1 saturated heterocycles. The van der Waals surface area contributed by atoms with Crippen LogP contribution in [0.15, 0.2) is 18.2 Å². The Hall–Kier alpha value is -1.39. The van der Waals surface area contributed by atoms with Crippen molar-refractivity contribution in [2.24, 2.45) is 0 Å². The van der Waals surface area contributed by atoms with E-state index >= 15 is 0 Å². The zero-order valence-corrected chi connectivity index (χ0v) is 12.8. The van der Waals surface area contributed by atoms with Crippen molar-refractivity contribution >= 4 is 11.6 Å².